The lowest BCUT2D eigenvalue weighted by Gasteiger charge is -2.37. The van der Waals surface area contributed by atoms with Crippen LogP contribution in [0.3, 0.4) is 0 Å². The number of halogens is 1. The third-order valence-electron chi connectivity index (χ3n) is 4.22. The van der Waals surface area contributed by atoms with Crippen LogP contribution in [0.5, 0.6) is 5.75 Å². The first kappa shape index (κ1) is 15.9. The van der Waals surface area contributed by atoms with E-state index < -0.39 is 0 Å². The fraction of sp³-hybridized carbons (Fsp3) is 0.500. The summed E-state index contributed by atoms with van der Waals surface area (Å²) < 4.78 is 24.7. The SMILES string of the molecule is COc1cccc(CN2CCN(C)[C@H](c3nc(C)no3)C2)c1F. The average molecular weight is 320 g/mol. The number of aryl methyl sites for hydroxylation is 1. The number of ether oxygens (including phenoxy) is 1. The highest BCUT2D eigenvalue weighted by Crippen LogP contribution is 2.26. The minimum atomic E-state index is -0.292. The summed E-state index contributed by atoms with van der Waals surface area (Å²) in [5.74, 6) is 1.23. The second-order valence-electron chi connectivity index (χ2n) is 5.84. The first-order chi connectivity index (χ1) is 11.1. The van der Waals surface area contributed by atoms with Crippen LogP contribution in [0, 0.1) is 12.7 Å². The van der Waals surface area contributed by atoms with Gasteiger partial charge in [-0.2, -0.15) is 4.98 Å². The second-order valence-corrected chi connectivity index (χ2v) is 5.84. The molecule has 3 rings (SSSR count). The van der Waals surface area contributed by atoms with Crippen LogP contribution in [-0.4, -0.2) is 53.7 Å². The topological polar surface area (TPSA) is 54.6 Å². The summed E-state index contributed by atoms with van der Waals surface area (Å²) in [5.41, 5.74) is 0.634. The van der Waals surface area contributed by atoms with Crippen LogP contribution in [-0.2, 0) is 6.54 Å². The molecule has 2 aromatic rings. The zero-order chi connectivity index (χ0) is 16.4. The minimum Gasteiger partial charge on any atom is -0.494 e. The van der Waals surface area contributed by atoms with Gasteiger partial charge in [0.1, 0.15) is 6.04 Å². The Morgan fingerprint density at radius 1 is 1.39 bits per heavy atom. The monoisotopic (exact) mass is 320 g/mol. The zero-order valence-electron chi connectivity index (χ0n) is 13.6. The Kier molecular flexibility index (Phi) is 4.58. The zero-order valence-corrected chi connectivity index (χ0v) is 13.6. The maximum absolute atomic E-state index is 14.3. The highest BCUT2D eigenvalue weighted by atomic mass is 19.1. The van der Waals surface area contributed by atoms with Gasteiger partial charge in [-0.15, -0.1) is 0 Å². The number of likely N-dealkylation sites (N-methyl/N-ethyl adjacent to an activating group) is 1. The van der Waals surface area contributed by atoms with Gasteiger partial charge in [-0.3, -0.25) is 9.80 Å². The molecule has 0 bridgehead atoms. The average Bonchev–Trinajstić information content (AvgIpc) is 2.97. The number of rotatable bonds is 4. The molecule has 1 aliphatic rings. The van der Waals surface area contributed by atoms with Gasteiger partial charge in [0.15, 0.2) is 17.4 Å². The summed E-state index contributed by atoms with van der Waals surface area (Å²) in [7, 11) is 3.51. The molecular weight excluding hydrogens is 299 g/mol. The van der Waals surface area contributed by atoms with Crippen LogP contribution in [0.1, 0.15) is 23.3 Å². The molecule has 1 aromatic carbocycles. The number of benzene rings is 1. The lowest BCUT2D eigenvalue weighted by Crippen LogP contribution is -2.46. The molecule has 2 heterocycles. The van der Waals surface area contributed by atoms with Crippen molar-refractivity contribution >= 4 is 0 Å². The predicted molar refractivity (Wildman–Crippen MR) is 82.6 cm³/mol. The number of piperazine rings is 1. The first-order valence-corrected chi connectivity index (χ1v) is 7.62. The van der Waals surface area contributed by atoms with Crippen molar-refractivity contribution in [1.29, 1.82) is 0 Å². The number of nitrogens with zero attached hydrogens (tertiary/aromatic N) is 4. The van der Waals surface area contributed by atoms with E-state index in [0.717, 1.165) is 19.6 Å². The minimum absolute atomic E-state index is 0.0265. The van der Waals surface area contributed by atoms with Crippen molar-refractivity contribution in [3.63, 3.8) is 0 Å². The molecule has 0 amide bonds. The smallest absolute Gasteiger partial charge is 0.245 e. The van der Waals surface area contributed by atoms with Crippen LogP contribution in [0.4, 0.5) is 4.39 Å². The van der Waals surface area contributed by atoms with Crippen molar-refractivity contribution < 1.29 is 13.7 Å². The lowest BCUT2D eigenvalue weighted by atomic mass is 10.1. The van der Waals surface area contributed by atoms with E-state index in [2.05, 4.69) is 19.9 Å². The molecule has 1 saturated heterocycles. The van der Waals surface area contributed by atoms with Crippen LogP contribution in [0.25, 0.3) is 0 Å². The molecule has 0 saturated carbocycles. The van der Waals surface area contributed by atoms with E-state index in [1.54, 1.807) is 19.1 Å². The maximum atomic E-state index is 14.3. The van der Waals surface area contributed by atoms with Crippen molar-refractivity contribution in [2.45, 2.75) is 19.5 Å². The Hall–Kier alpha value is -1.99. The highest BCUT2D eigenvalue weighted by molar-refractivity contribution is 5.31. The summed E-state index contributed by atoms with van der Waals surface area (Å²) in [6.45, 7) is 4.77. The molecule has 6 nitrogen and oxygen atoms in total. The molecule has 1 fully saturated rings. The van der Waals surface area contributed by atoms with E-state index >= 15 is 0 Å². The number of methoxy groups -OCH3 is 1. The third-order valence-corrected chi connectivity index (χ3v) is 4.22. The quantitative estimate of drug-likeness (QED) is 0.859. The molecule has 7 heteroatoms. The molecule has 0 aliphatic carbocycles. The van der Waals surface area contributed by atoms with E-state index in [0.29, 0.717) is 23.8 Å². The van der Waals surface area contributed by atoms with Gasteiger partial charge in [-0.1, -0.05) is 17.3 Å². The molecule has 124 valence electrons. The predicted octanol–water partition coefficient (Wildman–Crippen LogP) is 2.01. The van der Waals surface area contributed by atoms with E-state index in [4.69, 9.17) is 9.26 Å². The fourth-order valence-electron chi connectivity index (χ4n) is 2.87. The molecule has 23 heavy (non-hydrogen) atoms. The van der Waals surface area contributed by atoms with Gasteiger partial charge >= 0.3 is 0 Å². The van der Waals surface area contributed by atoms with Crippen molar-refractivity contribution in [2.24, 2.45) is 0 Å². The molecular formula is C16H21FN4O2. The molecule has 1 atom stereocenters. The van der Waals surface area contributed by atoms with Gasteiger partial charge in [0.2, 0.25) is 5.89 Å². The highest BCUT2D eigenvalue weighted by Gasteiger charge is 2.30. The fourth-order valence-corrected chi connectivity index (χ4v) is 2.87. The normalized spacial score (nSPS) is 19.9. The Morgan fingerprint density at radius 3 is 2.91 bits per heavy atom. The first-order valence-electron chi connectivity index (χ1n) is 7.62. The van der Waals surface area contributed by atoms with Gasteiger partial charge in [-0.05, 0) is 20.0 Å². The standard InChI is InChI=1S/C16H21FN4O2/c1-11-18-16(23-19-11)13-10-21(8-7-20(13)2)9-12-5-4-6-14(22-3)15(12)17/h4-6,13H,7-10H2,1-3H3/t13-/m0/s1. The summed E-state index contributed by atoms with van der Waals surface area (Å²) >= 11 is 0. The summed E-state index contributed by atoms with van der Waals surface area (Å²) in [5, 5.41) is 3.86. The van der Waals surface area contributed by atoms with Crippen molar-refractivity contribution in [3.05, 3.63) is 41.3 Å². The van der Waals surface area contributed by atoms with E-state index in [1.807, 2.05) is 13.1 Å². The van der Waals surface area contributed by atoms with E-state index in [-0.39, 0.29) is 17.6 Å². The molecule has 1 aliphatic heterocycles. The number of aromatic nitrogens is 2. The van der Waals surface area contributed by atoms with Gasteiger partial charge < -0.3 is 9.26 Å². The Morgan fingerprint density at radius 2 is 2.22 bits per heavy atom. The molecule has 0 spiro atoms. The Balaban J connectivity index is 1.74. The second kappa shape index (κ2) is 6.64. The molecule has 1 aromatic heterocycles. The van der Waals surface area contributed by atoms with Crippen LogP contribution in [0.15, 0.2) is 22.7 Å². The molecule has 0 unspecified atom stereocenters. The van der Waals surface area contributed by atoms with Crippen LogP contribution in [0.2, 0.25) is 0 Å². The van der Waals surface area contributed by atoms with E-state index in [9.17, 15) is 4.39 Å². The Bertz CT molecular complexity index is 676. The van der Waals surface area contributed by atoms with Crippen LogP contribution >= 0.6 is 0 Å². The van der Waals surface area contributed by atoms with E-state index in [1.165, 1.54) is 7.11 Å². The van der Waals surface area contributed by atoms with Gasteiger partial charge in [0.25, 0.3) is 0 Å². The third kappa shape index (κ3) is 3.35. The van der Waals surface area contributed by atoms with Gasteiger partial charge in [-0.25, -0.2) is 4.39 Å². The van der Waals surface area contributed by atoms with Gasteiger partial charge in [0, 0.05) is 31.7 Å². The van der Waals surface area contributed by atoms with Gasteiger partial charge in [0.05, 0.1) is 7.11 Å². The number of hydrogen-bond donors (Lipinski definition) is 0. The van der Waals surface area contributed by atoms with Crippen molar-refractivity contribution in [3.8, 4) is 5.75 Å². The van der Waals surface area contributed by atoms with Crippen LogP contribution < -0.4 is 4.74 Å². The maximum Gasteiger partial charge on any atom is 0.245 e. The lowest BCUT2D eigenvalue weighted by molar-refractivity contribution is 0.0707. The summed E-state index contributed by atoms with van der Waals surface area (Å²) in [4.78, 5) is 8.71. The largest absolute Gasteiger partial charge is 0.494 e. The van der Waals surface area contributed by atoms with Crippen molar-refractivity contribution in [2.75, 3.05) is 33.8 Å². The summed E-state index contributed by atoms with van der Waals surface area (Å²) in [6.07, 6.45) is 0. The molecule has 0 N–H and O–H groups in total. The molecule has 0 radical (unpaired) electrons. The Labute approximate surface area is 134 Å². The van der Waals surface area contributed by atoms with Crippen molar-refractivity contribution in [1.82, 2.24) is 19.9 Å². The number of hydrogen-bond acceptors (Lipinski definition) is 6. The summed E-state index contributed by atoms with van der Waals surface area (Å²) in [6, 6.07) is 5.26.